The first kappa shape index (κ1) is 23.1. The number of rotatable bonds is 10. The Hall–Kier alpha value is -1.89. The number of thioether (sulfide) groups is 1. The lowest BCUT2D eigenvalue weighted by atomic mass is 10.2. The van der Waals surface area contributed by atoms with Crippen molar-refractivity contribution in [3.63, 3.8) is 0 Å². The van der Waals surface area contributed by atoms with Crippen molar-refractivity contribution in [3.05, 3.63) is 30.3 Å². The molecule has 0 aromatic heterocycles. The monoisotopic (exact) mass is 393 g/mol. The summed E-state index contributed by atoms with van der Waals surface area (Å²) >= 11 is 1.80. The number of hydrogen-bond donors (Lipinski definition) is 2. The van der Waals surface area contributed by atoms with E-state index in [0.717, 1.165) is 26.1 Å². The van der Waals surface area contributed by atoms with Crippen molar-refractivity contribution in [3.8, 4) is 0 Å². The maximum Gasteiger partial charge on any atom is 0.243 e. The number of benzene rings is 1. The molecule has 1 amide bonds. The highest BCUT2D eigenvalue weighted by Crippen LogP contribution is 2.19. The Labute approximate surface area is 168 Å². The third-order valence-electron chi connectivity index (χ3n) is 4.27. The average Bonchev–Trinajstić information content (AvgIpc) is 2.66. The smallest absolute Gasteiger partial charge is 0.243 e. The molecule has 0 unspecified atom stereocenters. The second-order valence-electron chi connectivity index (χ2n) is 7.31. The number of carbonyl (C=O) groups is 1. The second kappa shape index (κ2) is 11.7. The second-order valence-corrected chi connectivity index (χ2v) is 8.82. The highest BCUT2D eigenvalue weighted by atomic mass is 32.2. The van der Waals surface area contributed by atoms with Crippen molar-refractivity contribution < 1.29 is 4.79 Å². The first-order valence-corrected chi connectivity index (χ1v) is 10.5. The van der Waals surface area contributed by atoms with Gasteiger partial charge in [-0.05, 0) is 38.7 Å². The Morgan fingerprint density at radius 2 is 1.81 bits per heavy atom. The summed E-state index contributed by atoms with van der Waals surface area (Å²) in [5.41, 5.74) is 1.21. The van der Waals surface area contributed by atoms with Crippen LogP contribution < -0.4 is 15.5 Å². The molecule has 0 aliphatic heterocycles. The number of para-hydroxylation sites is 1. The molecule has 0 saturated heterocycles. The van der Waals surface area contributed by atoms with Crippen LogP contribution in [0, 0.1) is 0 Å². The van der Waals surface area contributed by atoms with Gasteiger partial charge in [-0.1, -0.05) is 18.2 Å². The topological polar surface area (TPSA) is 60.0 Å². The molecular formula is C20H35N5OS. The summed E-state index contributed by atoms with van der Waals surface area (Å²) in [6.07, 6.45) is 3.07. The molecule has 1 aromatic carbocycles. The van der Waals surface area contributed by atoms with Gasteiger partial charge < -0.3 is 20.4 Å². The van der Waals surface area contributed by atoms with Crippen molar-refractivity contribution in [2.45, 2.75) is 25.0 Å². The third kappa shape index (κ3) is 9.56. The molecule has 0 saturated carbocycles. The molecule has 0 radical (unpaired) electrons. The van der Waals surface area contributed by atoms with Crippen LogP contribution in [0.3, 0.4) is 0 Å². The summed E-state index contributed by atoms with van der Waals surface area (Å²) in [5.74, 6) is 0.679. The molecule has 1 rings (SSSR count). The van der Waals surface area contributed by atoms with Crippen LogP contribution >= 0.6 is 11.8 Å². The quantitative estimate of drug-likeness (QED) is 0.363. The van der Waals surface area contributed by atoms with Gasteiger partial charge in [0.15, 0.2) is 5.96 Å². The molecule has 1 aromatic rings. The molecule has 0 aliphatic rings. The lowest BCUT2D eigenvalue weighted by Gasteiger charge is -2.24. The highest BCUT2D eigenvalue weighted by Gasteiger charge is 2.16. The van der Waals surface area contributed by atoms with Crippen LogP contribution in [0.1, 0.15) is 20.3 Å². The number of nitrogens with one attached hydrogen (secondary N) is 2. The van der Waals surface area contributed by atoms with Gasteiger partial charge in [0.05, 0.1) is 0 Å². The van der Waals surface area contributed by atoms with E-state index in [1.165, 1.54) is 5.69 Å². The molecule has 0 heterocycles. The largest absolute Gasteiger partial charge is 0.375 e. The van der Waals surface area contributed by atoms with E-state index in [4.69, 9.17) is 0 Å². The predicted molar refractivity (Wildman–Crippen MR) is 119 cm³/mol. The van der Waals surface area contributed by atoms with E-state index in [2.05, 4.69) is 59.8 Å². The zero-order valence-corrected chi connectivity index (χ0v) is 18.4. The number of aliphatic imine (C=N–C) groups is 1. The molecule has 0 bridgehead atoms. The molecule has 0 aliphatic carbocycles. The summed E-state index contributed by atoms with van der Waals surface area (Å²) in [6.45, 7) is 7.02. The minimum Gasteiger partial charge on any atom is -0.375 e. The van der Waals surface area contributed by atoms with E-state index in [-0.39, 0.29) is 17.2 Å². The minimum atomic E-state index is -0.0102. The third-order valence-corrected chi connectivity index (χ3v) is 5.51. The maximum atomic E-state index is 11.8. The average molecular weight is 394 g/mol. The van der Waals surface area contributed by atoms with Crippen molar-refractivity contribution >= 4 is 29.3 Å². The van der Waals surface area contributed by atoms with Crippen molar-refractivity contribution in [2.24, 2.45) is 4.99 Å². The van der Waals surface area contributed by atoms with E-state index in [0.29, 0.717) is 5.96 Å². The van der Waals surface area contributed by atoms with Crippen LogP contribution in [-0.4, -0.2) is 75.1 Å². The number of nitrogens with zero attached hydrogens (tertiary/aromatic N) is 3. The fourth-order valence-corrected chi connectivity index (χ4v) is 2.38. The Bertz CT molecular complexity index is 589. The molecule has 0 spiro atoms. The zero-order valence-electron chi connectivity index (χ0n) is 17.6. The Balaban J connectivity index is 2.52. The molecule has 152 valence electrons. The van der Waals surface area contributed by atoms with Gasteiger partial charge in [-0.3, -0.25) is 4.79 Å². The van der Waals surface area contributed by atoms with E-state index >= 15 is 0 Å². The maximum absolute atomic E-state index is 11.8. The van der Waals surface area contributed by atoms with Crippen LogP contribution in [0.2, 0.25) is 0 Å². The number of likely N-dealkylation sites (N-methyl/N-ethyl adjacent to an activating group) is 1. The van der Waals surface area contributed by atoms with Crippen LogP contribution in [0.25, 0.3) is 0 Å². The van der Waals surface area contributed by atoms with E-state index in [9.17, 15) is 4.79 Å². The number of amides is 1. The molecule has 0 atom stereocenters. The van der Waals surface area contributed by atoms with Crippen LogP contribution in [0.4, 0.5) is 5.69 Å². The van der Waals surface area contributed by atoms with E-state index < -0.39 is 0 Å². The van der Waals surface area contributed by atoms with Crippen LogP contribution in [-0.2, 0) is 4.79 Å². The normalized spacial score (nSPS) is 11.9. The van der Waals surface area contributed by atoms with Crippen molar-refractivity contribution in [1.82, 2.24) is 15.5 Å². The van der Waals surface area contributed by atoms with Crippen LogP contribution in [0.5, 0.6) is 0 Å². The minimum absolute atomic E-state index is 0.0102. The van der Waals surface area contributed by atoms with Crippen molar-refractivity contribution in [1.29, 1.82) is 0 Å². The highest BCUT2D eigenvalue weighted by molar-refractivity contribution is 7.99. The summed E-state index contributed by atoms with van der Waals surface area (Å²) < 4.78 is 0.0987. The molecule has 6 nitrogen and oxygen atoms in total. The summed E-state index contributed by atoms with van der Waals surface area (Å²) in [6, 6.07) is 10.3. The fraction of sp³-hybridized carbons (Fsp3) is 0.600. The Morgan fingerprint density at radius 1 is 1.15 bits per heavy atom. The van der Waals surface area contributed by atoms with Gasteiger partial charge in [-0.2, -0.15) is 11.8 Å². The number of carbonyl (C=O) groups excluding carboxylic acids is 1. The van der Waals surface area contributed by atoms with Gasteiger partial charge in [0.25, 0.3) is 0 Å². The Kier molecular flexibility index (Phi) is 10.1. The molecule has 0 fully saturated rings. The van der Waals surface area contributed by atoms with Gasteiger partial charge in [0, 0.05) is 51.2 Å². The number of anilines is 1. The molecule has 27 heavy (non-hydrogen) atoms. The van der Waals surface area contributed by atoms with E-state index in [1.54, 1.807) is 30.8 Å². The predicted octanol–water partition coefficient (Wildman–Crippen LogP) is 2.28. The van der Waals surface area contributed by atoms with Crippen LogP contribution in [0.15, 0.2) is 35.3 Å². The van der Waals surface area contributed by atoms with Crippen molar-refractivity contribution in [2.75, 3.05) is 58.5 Å². The Morgan fingerprint density at radius 3 is 2.41 bits per heavy atom. The summed E-state index contributed by atoms with van der Waals surface area (Å²) in [5, 5.41) is 6.71. The standard InChI is InChI=1S/C20H35N5OS/c1-20(2,27-6)16-23-19(22-15-18(26)24(3)4)21-13-10-14-25(5)17-11-8-7-9-12-17/h7-9,11-12H,10,13-16H2,1-6H3,(H2,21,22,23). The number of guanidine groups is 1. The molecular weight excluding hydrogens is 358 g/mol. The van der Waals surface area contributed by atoms with E-state index in [1.807, 2.05) is 18.2 Å². The van der Waals surface area contributed by atoms with Gasteiger partial charge in [0.2, 0.25) is 5.91 Å². The lowest BCUT2D eigenvalue weighted by molar-refractivity contribution is -0.127. The molecule has 2 N–H and O–H groups in total. The fourth-order valence-electron chi connectivity index (χ4n) is 2.17. The summed E-state index contributed by atoms with van der Waals surface area (Å²) in [4.78, 5) is 20.1. The molecule has 7 heteroatoms. The number of hydrogen-bond acceptors (Lipinski definition) is 4. The first-order valence-electron chi connectivity index (χ1n) is 9.29. The summed E-state index contributed by atoms with van der Waals surface area (Å²) in [7, 11) is 5.59. The van der Waals surface area contributed by atoms with Gasteiger partial charge in [-0.15, -0.1) is 0 Å². The van der Waals surface area contributed by atoms with Gasteiger partial charge >= 0.3 is 0 Å². The zero-order chi connectivity index (χ0) is 20.3. The van der Waals surface area contributed by atoms with Gasteiger partial charge in [-0.25, -0.2) is 4.99 Å². The lowest BCUT2D eigenvalue weighted by Crippen LogP contribution is -2.44. The first-order chi connectivity index (χ1) is 12.7. The SMILES string of the molecule is CSC(C)(C)CNC(=NCC(=O)N(C)C)NCCCN(C)c1ccccc1. The van der Waals surface area contributed by atoms with Gasteiger partial charge in [0.1, 0.15) is 6.54 Å².